The number of nitrogens with one attached hydrogen (secondary N) is 3. The average molecular weight is 1020 g/mol. The Bertz CT molecular complexity index is 2790. The number of methoxy groups -OCH3 is 1. The van der Waals surface area contributed by atoms with Crippen molar-refractivity contribution >= 4 is 52.3 Å². The number of aliphatic imine (C=N–C) groups is 1. The predicted octanol–water partition coefficient (Wildman–Crippen LogP) is 6.82. The van der Waals surface area contributed by atoms with E-state index >= 15 is 14.0 Å². The van der Waals surface area contributed by atoms with Gasteiger partial charge in [0.1, 0.15) is 30.8 Å². The minimum Gasteiger partial charge on any atom is -0.464 e. The zero-order valence-corrected chi connectivity index (χ0v) is 44.0. The molecule has 3 aromatic rings. The lowest BCUT2D eigenvalue weighted by atomic mass is 9.83. The van der Waals surface area contributed by atoms with E-state index in [1.807, 2.05) is 30.2 Å². The van der Waals surface area contributed by atoms with Crippen molar-refractivity contribution in [3.8, 4) is 11.1 Å². The van der Waals surface area contributed by atoms with Gasteiger partial charge in [-0.1, -0.05) is 44.9 Å². The highest BCUT2D eigenvalue weighted by Gasteiger charge is 2.58. The van der Waals surface area contributed by atoms with Crippen molar-refractivity contribution in [1.29, 1.82) is 0 Å². The number of hydrogen-bond donors (Lipinski definition) is 3. The summed E-state index contributed by atoms with van der Waals surface area (Å²) in [7, 11) is 1.70. The number of rotatable bonds is 11. The van der Waals surface area contributed by atoms with Crippen LogP contribution in [0.1, 0.15) is 127 Å². The summed E-state index contributed by atoms with van der Waals surface area (Å²) in [6.07, 6.45) is 11.8. The third kappa shape index (κ3) is 9.60. The van der Waals surface area contributed by atoms with Crippen LogP contribution in [-0.2, 0) is 59.5 Å². The monoisotopic (exact) mass is 1010 g/mol. The van der Waals surface area contributed by atoms with Crippen LogP contribution in [0.15, 0.2) is 47.1 Å². The fourth-order valence-electron chi connectivity index (χ4n) is 13.6. The first-order valence-electron chi connectivity index (χ1n) is 27.7. The molecule has 7 heterocycles. The van der Waals surface area contributed by atoms with Crippen molar-refractivity contribution in [3.63, 3.8) is 0 Å². The van der Waals surface area contributed by atoms with Crippen LogP contribution in [-0.4, -0.2) is 131 Å². The summed E-state index contributed by atoms with van der Waals surface area (Å²) in [5.74, 6) is -0.807. The number of cyclic esters (lactones) is 1. The quantitative estimate of drug-likeness (QED) is 0.138. The molecule has 4 saturated heterocycles. The van der Waals surface area contributed by atoms with Crippen LogP contribution in [0, 0.1) is 22.7 Å². The van der Waals surface area contributed by atoms with Gasteiger partial charge in [-0.15, -0.1) is 0 Å². The molecule has 6 fully saturated rings. The molecule has 16 heteroatoms. The van der Waals surface area contributed by atoms with Crippen molar-refractivity contribution in [2.75, 3.05) is 39.9 Å². The van der Waals surface area contributed by atoms with E-state index in [-0.39, 0.29) is 48.9 Å². The first kappa shape index (κ1) is 50.7. The second-order valence-corrected chi connectivity index (χ2v) is 23.6. The third-order valence-electron chi connectivity index (χ3n) is 17.8. The highest BCUT2D eigenvalue weighted by Crippen LogP contribution is 2.47. The van der Waals surface area contributed by atoms with E-state index < -0.39 is 53.4 Å². The molecular formula is C58H75FN8O7. The molecule has 11 rings (SSSR count). The second kappa shape index (κ2) is 20.2. The van der Waals surface area contributed by atoms with E-state index in [0.717, 1.165) is 95.9 Å². The van der Waals surface area contributed by atoms with Crippen LogP contribution < -0.4 is 16.1 Å². The molecule has 1 spiro atoms. The topological polar surface area (TPSA) is 177 Å². The number of benzene rings is 2. The molecule has 7 atom stereocenters. The Hall–Kier alpha value is -5.45. The molecular weight excluding hydrogens is 940 g/mol. The van der Waals surface area contributed by atoms with Crippen molar-refractivity contribution in [2.45, 2.75) is 167 Å². The number of likely N-dealkylation sites (tertiary alicyclic amines) is 2. The maximum absolute atomic E-state index is 15.2. The molecule has 74 heavy (non-hydrogen) atoms. The highest BCUT2D eigenvalue weighted by molar-refractivity contribution is 5.97. The Morgan fingerprint density at radius 3 is 2.54 bits per heavy atom. The van der Waals surface area contributed by atoms with Crippen molar-refractivity contribution in [2.24, 2.45) is 27.7 Å². The first-order chi connectivity index (χ1) is 35.7. The van der Waals surface area contributed by atoms with Crippen LogP contribution in [0.5, 0.6) is 0 Å². The molecule has 2 saturated carbocycles. The lowest BCUT2D eigenvalue weighted by molar-refractivity contribution is -0.155. The number of halogens is 1. The van der Waals surface area contributed by atoms with E-state index in [1.165, 1.54) is 5.01 Å². The highest BCUT2D eigenvalue weighted by atomic mass is 19.1. The Morgan fingerprint density at radius 1 is 0.986 bits per heavy atom. The maximum atomic E-state index is 15.2. The van der Waals surface area contributed by atoms with E-state index in [1.54, 1.807) is 18.1 Å². The van der Waals surface area contributed by atoms with Gasteiger partial charge in [-0.05, 0) is 142 Å². The molecule has 0 radical (unpaired) electrons. The molecule has 1 aromatic heterocycles. The van der Waals surface area contributed by atoms with E-state index in [0.29, 0.717) is 81.9 Å². The van der Waals surface area contributed by atoms with Gasteiger partial charge in [0.15, 0.2) is 0 Å². The number of carbonyl (C=O) groups is 5. The minimum absolute atomic E-state index is 0.0370. The van der Waals surface area contributed by atoms with Crippen molar-refractivity contribution in [1.82, 2.24) is 35.4 Å². The fourth-order valence-corrected chi connectivity index (χ4v) is 13.6. The number of esters is 1. The molecule has 2 aliphatic carbocycles. The Kier molecular flexibility index (Phi) is 13.9. The molecule has 2 aromatic carbocycles. The molecule has 6 aliphatic heterocycles. The molecule has 15 nitrogen and oxygen atoms in total. The van der Waals surface area contributed by atoms with Gasteiger partial charge in [0.05, 0.1) is 29.5 Å². The van der Waals surface area contributed by atoms with Crippen LogP contribution in [0.3, 0.4) is 0 Å². The van der Waals surface area contributed by atoms with Crippen LogP contribution in [0.4, 0.5) is 4.39 Å². The molecule has 396 valence electrons. The molecule has 6 bridgehead atoms. The van der Waals surface area contributed by atoms with Gasteiger partial charge in [-0.3, -0.25) is 39.3 Å². The van der Waals surface area contributed by atoms with Crippen molar-refractivity contribution in [3.05, 3.63) is 64.5 Å². The van der Waals surface area contributed by atoms with Gasteiger partial charge < -0.3 is 29.2 Å². The number of allylic oxidation sites excluding steroid dienone is 1. The number of fused-ring (bicyclic) bond motifs is 6. The van der Waals surface area contributed by atoms with Gasteiger partial charge in [0.2, 0.25) is 17.7 Å². The number of nitrogens with zero attached hydrogens (tertiary/aromatic N) is 5. The summed E-state index contributed by atoms with van der Waals surface area (Å²) in [6.45, 7) is 10.0. The van der Waals surface area contributed by atoms with E-state index in [2.05, 4.69) is 59.6 Å². The summed E-state index contributed by atoms with van der Waals surface area (Å²) < 4.78 is 29.6. The molecule has 8 aliphatic rings. The minimum atomic E-state index is -1.13. The summed E-state index contributed by atoms with van der Waals surface area (Å²) >= 11 is 0. The van der Waals surface area contributed by atoms with E-state index in [9.17, 15) is 14.4 Å². The normalized spacial score (nSPS) is 28.3. The van der Waals surface area contributed by atoms with Crippen LogP contribution >= 0.6 is 0 Å². The number of hydrazine groups is 1. The number of aromatic nitrogens is 1. The van der Waals surface area contributed by atoms with Gasteiger partial charge in [-0.2, -0.15) is 0 Å². The number of ether oxygens (including phenoxy) is 2. The lowest BCUT2D eigenvalue weighted by Crippen LogP contribution is -2.62. The van der Waals surface area contributed by atoms with Gasteiger partial charge in [-0.25, -0.2) is 9.82 Å². The van der Waals surface area contributed by atoms with E-state index in [4.69, 9.17) is 14.5 Å². The molecule has 4 amide bonds. The lowest BCUT2D eigenvalue weighted by Gasteiger charge is -2.37. The molecule has 3 N–H and O–H groups in total. The summed E-state index contributed by atoms with van der Waals surface area (Å²) in [5, 5.41) is 9.06. The van der Waals surface area contributed by atoms with Gasteiger partial charge in [0, 0.05) is 80.4 Å². The Morgan fingerprint density at radius 2 is 1.78 bits per heavy atom. The molecule has 0 unspecified atom stereocenters. The summed E-state index contributed by atoms with van der Waals surface area (Å²) in [4.78, 5) is 81.5. The van der Waals surface area contributed by atoms with Crippen molar-refractivity contribution < 1.29 is 37.8 Å². The maximum Gasteiger partial charge on any atom is 0.324 e. The Labute approximate surface area is 434 Å². The number of amides is 4. The zero-order chi connectivity index (χ0) is 51.6. The SMILES string of the molecule is CCn1c(C2=C([C@H](C)OC)N=CCC2)c2c3cc(ccc31)-c1cc(CF)cc(c1)C[C@H](NC(=O)[C@H](C1CCCC1)N1CC[C@]3(CCN(C(=O)[C@@H]4N[C@@H]4C4CC4)C3)C1=O)C(=O)N1CCC[C@H](N1)C(=O)OCC(C)(C)C2. The summed E-state index contributed by atoms with van der Waals surface area (Å²) in [6, 6.07) is 9.36. The zero-order valence-electron chi connectivity index (χ0n) is 44.0. The van der Waals surface area contributed by atoms with Gasteiger partial charge in [0.25, 0.3) is 5.91 Å². The van der Waals surface area contributed by atoms with Crippen LogP contribution in [0.25, 0.3) is 27.6 Å². The third-order valence-corrected chi connectivity index (χ3v) is 17.8. The standard InChI is InChI=1S/C58H75FN8O7/c1-6-65-46-18-17-39-29-42(46)43(51(65)41-13-9-21-60-47(41)34(2)73-5)30-57(3,4)33-74-55(71)44-14-10-22-67(63-44)53(69)45(28-35-25-36(31-59)27-40(39)26-35)61-52(68)50(38-11-7-8-12-38)66-24-20-58(56(66)72)19-23-64(32-58)54(70)49-48(62-49)37-15-16-37/h17-18,21,25-27,29,34,37-38,44-45,48-50,62-63H,6-16,19-20,22-24,28,30-33H2,1-5H3,(H,61,68)/t34-,44-,45-,48+,49+,50-,58-/m0/s1. The fraction of sp³-hybridized carbons (Fsp3) is 0.621. The number of carbonyl (C=O) groups excluding carboxylic acids is 5. The second-order valence-electron chi connectivity index (χ2n) is 23.6. The number of aryl methyl sites for hydroxylation is 1. The van der Waals surface area contributed by atoms with Crippen LogP contribution in [0.2, 0.25) is 0 Å². The number of alkyl halides is 1. The predicted molar refractivity (Wildman–Crippen MR) is 280 cm³/mol. The average Bonchev–Trinajstić information content (AvgIpc) is 4.25. The first-order valence-corrected chi connectivity index (χ1v) is 27.7. The Balaban J connectivity index is 0.951. The largest absolute Gasteiger partial charge is 0.464 e. The number of hydrogen-bond acceptors (Lipinski definition) is 10. The summed E-state index contributed by atoms with van der Waals surface area (Å²) in [5.41, 5.74) is 9.99. The smallest absolute Gasteiger partial charge is 0.324 e. The van der Waals surface area contributed by atoms with Gasteiger partial charge >= 0.3 is 5.97 Å².